The molecular weight excluding hydrogens is 302 g/mol. The van der Waals surface area contributed by atoms with E-state index in [-0.39, 0.29) is 5.91 Å². The van der Waals surface area contributed by atoms with Gasteiger partial charge < -0.3 is 9.73 Å². The zero-order valence-electron chi connectivity index (χ0n) is 13.3. The second kappa shape index (κ2) is 6.39. The molecule has 24 heavy (non-hydrogen) atoms. The molecule has 5 nitrogen and oxygen atoms in total. The largest absolute Gasteiger partial charge is 0.446 e. The highest BCUT2D eigenvalue weighted by Crippen LogP contribution is 2.24. The van der Waals surface area contributed by atoms with Gasteiger partial charge in [-0.25, -0.2) is 4.98 Å². The van der Waals surface area contributed by atoms with Crippen molar-refractivity contribution in [3.63, 3.8) is 0 Å². The van der Waals surface area contributed by atoms with Crippen molar-refractivity contribution in [2.75, 3.05) is 5.32 Å². The maximum Gasteiger partial charge on any atom is 0.255 e. The van der Waals surface area contributed by atoms with Crippen molar-refractivity contribution >= 4 is 11.6 Å². The molecular formula is C19H15N3O2. The predicted octanol–water partition coefficient (Wildman–Crippen LogP) is 4.08. The number of amides is 1. The summed E-state index contributed by atoms with van der Waals surface area (Å²) in [5.41, 5.74) is 3.29. The number of oxazole rings is 1. The summed E-state index contributed by atoms with van der Waals surface area (Å²) < 4.78 is 5.44. The lowest BCUT2D eigenvalue weighted by molar-refractivity contribution is 0.102. The van der Waals surface area contributed by atoms with Crippen molar-refractivity contribution in [1.29, 1.82) is 5.26 Å². The summed E-state index contributed by atoms with van der Waals surface area (Å²) >= 11 is 0. The molecule has 1 aromatic heterocycles. The first kappa shape index (κ1) is 15.5. The van der Waals surface area contributed by atoms with E-state index in [0.29, 0.717) is 22.7 Å². The average molecular weight is 317 g/mol. The Labute approximate surface area is 139 Å². The molecule has 0 saturated heterocycles. The molecule has 118 valence electrons. The van der Waals surface area contributed by atoms with Gasteiger partial charge in [0.05, 0.1) is 11.6 Å². The van der Waals surface area contributed by atoms with Crippen LogP contribution in [0.3, 0.4) is 0 Å². The zero-order valence-corrected chi connectivity index (χ0v) is 13.3. The van der Waals surface area contributed by atoms with Crippen LogP contribution in [0.5, 0.6) is 0 Å². The van der Waals surface area contributed by atoms with Gasteiger partial charge in [0.2, 0.25) is 0 Å². The van der Waals surface area contributed by atoms with Crippen LogP contribution in [0.25, 0.3) is 11.3 Å². The number of nitrogens with zero attached hydrogens (tertiary/aromatic N) is 2. The lowest BCUT2D eigenvalue weighted by Gasteiger charge is -2.06. The van der Waals surface area contributed by atoms with E-state index in [1.807, 2.05) is 37.3 Å². The molecule has 0 atom stereocenters. The Balaban J connectivity index is 1.78. The van der Waals surface area contributed by atoms with Gasteiger partial charge in [-0.1, -0.05) is 18.2 Å². The van der Waals surface area contributed by atoms with Crippen LogP contribution in [0.15, 0.2) is 52.9 Å². The first-order valence-electron chi connectivity index (χ1n) is 7.43. The quantitative estimate of drug-likeness (QED) is 0.789. The number of hydrogen-bond acceptors (Lipinski definition) is 4. The summed E-state index contributed by atoms with van der Waals surface area (Å²) in [6.07, 6.45) is 0. The van der Waals surface area contributed by atoms with Crippen molar-refractivity contribution in [3.8, 4) is 17.3 Å². The molecule has 0 bridgehead atoms. The number of aromatic nitrogens is 1. The van der Waals surface area contributed by atoms with Crippen molar-refractivity contribution in [2.24, 2.45) is 0 Å². The molecule has 3 aromatic rings. The summed E-state index contributed by atoms with van der Waals surface area (Å²) in [5, 5.41) is 11.7. The molecule has 5 heteroatoms. The molecule has 0 fully saturated rings. The molecule has 0 aliphatic rings. The average Bonchev–Trinajstić information content (AvgIpc) is 2.94. The number of carbonyl (C=O) groups excluding carboxylic acids is 1. The Kier molecular flexibility index (Phi) is 4.13. The summed E-state index contributed by atoms with van der Waals surface area (Å²) in [6, 6.07) is 16.0. The number of benzene rings is 2. The lowest BCUT2D eigenvalue weighted by atomic mass is 10.1. The molecule has 1 amide bonds. The Morgan fingerprint density at radius 2 is 1.92 bits per heavy atom. The Hall–Kier alpha value is -3.39. The van der Waals surface area contributed by atoms with E-state index in [9.17, 15) is 4.79 Å². The SMILES string of the molecule is Cc1nc(-c2ccc(NC(=O)c3cccc(C#N)c3)cc2)c(C)o1. The van der Waals surface area contributed by atoms with Crippen LogP contribution >= 0.6 is 0 Å². The smallest absolute Gasteiger partial charge is 0.255 e. The Morgan fingerprint density at radius 1 is 1.17 bits per heavy atom. The van der Waals surface area contributed by atoms with Gasteiger partial charge in [-0.3, -0.25) is 4.79 Å². The number of nitriles is 1. The maximum absolute atomic E-state index is 12.2. The first-order chi connectivity index (χ1) is 11.6. The van der Waals surface area contributed by atoms with Crippen LogP contribution < -0.4 is 5.32 Å². The highest BCUT2D eigenvalue weighted by Gasteiger charge is 2.10. The van der Waals surface area contributed by atoms with Crippen molar-refractivity contribution in [2.45, 2.75) is 13.8 Å². The topological polar surface area (TPSA) is 78.9 Å². The van der Waals surface area contributed by atoms with Crippen LogP contribution in [-0.2, 0) is 0 Å². The monoisotopic (exact) mass is 317 g/mol. The van der Waals surface area contributed by atoms with Crippen molar-refractivity contribution < 1.29 is 9.21 Å². The van der Waals surface area contributed by atoms with Crippen LogP contribution in [0.2, 0.25) is 0 Å². The third-order valence-electron chi connectivity index (χ3n) is 3.57. The molecule has 3 rings (SSSR count). The minimum absolute atomic E-state index is 0.256. The van der Waals surface area contributed by atoms with Gasteiger partial charge in [0.1, 0.15) is 11.5 Å². The summed E-state index contributed by atoms with van der Waals surface area (Å²) in [7, 11) is 0. The minimum atomic E-state index is -0.256. The fourth-order valence-electron chi connectivity index (χ4n) is 2.44. The van der Waals surface area contributed by atoms with E-state index in [0.717, 1.165) is 17.0 Å². The van der Waals surface area contributed by atoms with Crippen LogP contribution in [0.1, 0.15) is 27.6 Å². The molecule has 1 N–H and O–H groups in total. The molecule has 0 spiro atoms. The molecule has 2 aromatic carbocycles. The molecule has 0 aliphatic heterocycles. The van der Waals surface area contributed by atoms with Crippen molar-refractivity contribution in [1.82, 2.24) is 4.98 Å². The van der Waals surface area contributed by atoms with Crippen LogP contribution in [0.4, 0.5) is 5.69 Å². The van der Waals surface area contributed by atoms with Gasteiger partial charge in [-0.2, -0.15) is 5.26 Å². The maximum atomic E-state index is 12.2. The van der Waals surface area contributed by atoms with Gasteiger partial charge in [0.15, 0.2) is 5.89 Å². The summed E-state index contributed by atoms with van der Waals surface area (Å²) in [4.78, 5) is 16.6. The van der Waals surface area contributed by atoms with Crippen LogP contribution in [-0.4, -0.2) is 10.9 Å². The van der Waals surface area contributed by atoms with E-state index in [1.54, 1.807) is 31.2 Å². The molecule has 0 aliphatic carbocycles. The highest BCUT2D eigenvalue weighted by molar-refractivity contribution is 6.04. The molecule has 1 heterocycles. The normalized spacial score (nSPS) is 10.2. The number of anilines is 1. The number of aryl methyl sites for hydroxylation is 2. The third kappa shape index (κ3) is 3.18. The number of nitrogens with one attached hydrogen (secondary N) is 1. The fourth-order valence-corrected chi connectivity index (χ4v) is 2.44. The summed E-state index contributed by atoms with van der Waals surface area (Å²) in [5.74, 6) is 1.13. The van der Waals surface area contributed by atoms with Crippen LogP contribution in [0, 0.1) is 25.2 Å². The standard InChI is InChI=1S/C19H15N3O2/c1-12-18(21-13(2)24-12)15-6-8-17(9-7-15)22-19(23)16-5-3-4-14(10-16)11-20/h3-10H,1-2H3,(H,22,23). The number of rotatable bonds is 3. The van der Waals surface area contributed by atoms with E-state index >= 15 is 0 Å². The number of carbonyl (C=O) groups is 1. The Bertz CT molecular complexity index is 934. The lowest BCUT2D eigenvalue weighted by Crippen LogP contribution is -2.11. The van der Waals surface area contributed by atoms with Gasteiger partial charge >= 0.3 is 0 Å². The van der Waals surface area contributed by atoms with Gasteiger partial charge in [0, 0.05) is 23.7 Å². The van der Waals surface area contributed by atoms with Gasteiger partial charge in [-0.05, 0) is 37.3 Å². The third-order valence-corrected chi connectivity index (χ3v) is 3.57. The minimum Gasteiger partial charge on any atom is -0.446 e. The van der Waals surface area contributed by atoms with E-state index in [4.69, 9.17) is 9.68 Å². The second-order valence-electron chi connectivity index (χ2n) is 5.36. The molecule has 0 radical (unpaired) electrons. The van der Waals surface area contributed by atoms with Gasteiger partial charge in [-0.15, -0.1) is 0 Å². The summed E-state index contributed by atoms with van der Waals surface area (Å²) in [6.45, 7) is 3.67. The fraction of sp³-hybridized carbons (Fsp3) is 0.105. The molecule has 0 unspecified atom stereocenters. The van der Waals surface area contributed by atoms with E-state index < -0.39 is 0 Å². The zero-order chi connectivity index (χ0) is 17.1. The predicted molar refractivity (Wildman–Crippen MR) is 90.5 cm³/mol. The van der Waals surface area contributed by atoms with E-state index in [2.05, 4.69) is 10.3 Å². The van der Waals surface area contributed by atoms with Crippen molar-refractivity contribution in [3.05, 3.63) is 71.3 Å². The molecule has 0 saturated carbocycles. The Morgan fingerprint density at radius 3 is 2.54 bits per heavy atom. The van der Waals surface area contributed by atoms with Gasteiger partial charge in [0.25, 0.3) is 5.91 Å². The first-order valence-corrected chi connectivity index (χ1v) is 7.43. The highest BCUT2D eigenvalue weighted by atomic mass is 16.4. The number of hydrogen-bond donors (Lipinski definition) is 1. The second-order valence-corrected chi connectivity index (χ2v) is 5.36. The van der Waals surface area contributed by atoms with E-state index in [1.165, 1.54) is 0 Å².